The van der Waals surface area contributed by atoms with E-state index in [-0.39, 0.29) is 5.91 Å². The molecule has 1 aromatic carbocycles. The molecule has 0 N–H and O–H groups in total. The Kier molecular flexibility index (Phi) is 7.69. The van der Waals surface area contributed by atoms with Gasteiger partial charge in [-0.1, -0.05) is 12.1 Å². The number of benzene rings is 1. The molecule has 0 unspecified atom stereocenters. The van der Waals surface area contributed by atoms with Crippen LogP contribution < -0.4 is 9.64 Å². The first kappa shape index (κ1) is 27.8. The number of piperazine rings is 1. The lowest BCUT2D eigenvalue weighted by molar-refractivity contribution is -0.0629. The first-order valence-corrected chi connectivity index (χ1v) is 16.7. The molecule has 0 radical (unpaired) electrons. The molecule has 4 bridgehead atoms. The largest absolute Gasteiger partial charge is 0.494 e. The fourth-order valence-corrected chi connectivity index (χ4v) is 9.70. The Morgan fingerprint density at radius 3 is 2.38 bits per heavy atom. The van der Waals surface area contributed by atoms with E-state index in [0.717, 1.165) is 68.6 Å². The maximum absolute atomic E-state index is 13.3. The Morgan fingerprint density at radius 2 is 1.71 bits per heavy atom. The van der Waals surface area contributed by atoms with E-state index < -0.39 is 0 Å². The summed E-state index contributed by atoms with van der Waals surface area (Å²) in [7, 11) is 1.96. The van der Waals surface area contributed by atoms with Gasteiger partial charge in [-0.25, -0.2) is 0 Å². The summed E-state index contributed by atoms with van der Waals surface area (Å²) in [4.78, 5) is 21.4. The van der Waals surface area contributed by atoms with E-state index in [0.29, 0.717) is 17.7 Å². The zero-order valence-corrected chi connectivity index (χ0v) is 25.8. The van der Waals surface area contributed by atoms with Crippen molar-refractivity contribution in [3.8, 4) is 16.9 Å². The zero-order chi connectivity index (χ0) is 28.7. The minimum atomic E-state index is 0.00884. The molecule has 5 aliphatic rings. The Labute approximate surface area is 253 Å². The average molecular weight is 586 g/mol. The predicted octanol–water partition coefficient (Wildman–Crippen LogP) is 6.21. The quantitative estimate of drug-likeness (QED) is 0.297. The first-order valence-electron chi connectivity index (χ1n) is 15.8. The lowest BCUT2D eigenvalue weighted by atomic mass is 9.49. The highest BCUT2D eigenvalue weighted by atomic mass is 32.1. The maximum Gasteiger partial charge on any atom is 0.274 e. The van der Waals surface area contributed by atoms with E-state index in [2.05, 4.69) is 49.6 Å². The summed E-state index contributed by atoms with van der Waals surface area (Å²) in [6.07, 6.45) is 8.21. The van der Waals surface area contributed by atoms with E-state index in [1.54, 1.807) is 0 Å². The molecule has 1 aliphatic heterocycles. The molecule has 1 saturated heterocycles. The summed E-state index contributed by atoms with van der Waals surface area (Å²) in [5, 5.41) is 11.1. The Hall–Kier alpha value is -2.97. The van der Waals surface area contributed by atoms with Crippen LogP contribution in [0.5, 0.6) is 5.75 Å². The van der Waals surface area contributed by atoms with Crippen LogP contribution in [0.2, 0.25) is 0 Å². The van der Waals surface area contributed by atoms with E-state index in [4.69, 9.17) is 4.74 Å². The molecule has 0 atom stereocenters. The van der Waals surface area contributed by atoms with Gasteiger partial charge in [-0.3, -0.25) is 9.69 Å². The number of rotatable bonds is 9. The van der Waals surface area contributed by atoms with E-state index in [1.807, 2.05) is 48.4 Å². The lowest BCUT2D eigenvalue weighted by Crippen LogP contribution is -2.51. The second kappa shape index (κ2) is 11.6. The average Bonchev–Trinajstić information content (AvgIpc) is 3.45. The van der Waals surface area contributed by atoms with Gasteiger partial charge in [0.2, 0.25) is 0 Å². The van der Waals surface area contributed by atoms with Crippen LogP contribution >= 0.6 is 11.3 Å². The number of anilines is 1. The third-order valence-electron chi connectivity index (χ3n) is 10.2. The van der Waals surface area contributed by atoms with Crippen molar-refractivity contribution < 1.29 is 9.53 Å². The van der Waals surface area contributed by atoms with Crippen LogP contribution in [0, 0.1) is 23.2 Å². The number of carbonyl (C=O) groups is 1. The van der Waals surface area contributed by atoms with Gasteiger partial charge in [0, 0.05) is 51.2 Å². The van der Waals surface area contributed by atoms with Gasteiger partial charge in [-0.2, -0.15) is 0 Å². The number of hydrogen-bond acceptors (Lipinski definition) is 7. The third-order valence-corrected chi connectivity index (χ3v) is 11.1. The highest BCUT2D eigenvalue weighted by Crippen LogP contribution is 2.60. The van der Waals surface area contributed by atoms with Crippen LogP contribution in [0.25, 0.3) is 11.1 Å². The van der Waals surface area contributed by atoms with Crippen molar-refractivity contribution in [2.75, 3.05) is 51.3 Å². The molecule has 7 nitrogen and oxygen atoms in total. The minimum Gasteiger partial charge on any atom is -0.494 e. The van der Waals surface area contributed by atoms with Crippen molar-refractivity contribution in [3.05, 3.63) is 58.4 Å². The Morgan fingerprint density at radius 1 is 0.976 bits per heavy atom. The molecule has 8 rings (SSSR count). The molecule has 3 heterocycles. The standard InChI is InChI=1S/C34H43N5O2S/c1-3-41-29-6-4-5-27(16-29)28-17-30(42-22-28)21-38-9-11-39(12-10-38)32-8-7-31(35-36-32)33(40)37(2)23-34-18-24-13-25(19-34)15-26(14-24)20-34/h4-8,16-17,22,24-26H,3,9-15,18-21,23H2,1-2H3. The molecule has 5 fully saturated rings. The van der Waals surface area contributed by atoms with Gasteiger partial charge < -0.3 is 14.5 Å². The van der Waals surface area contributed by atoms with E-state index >= 15 is 0 Å². The number of nitrogens with zero attached hydrogens (tertiary/aromatic N) is 5. The van der Waals surface area contributed by atoms with Crippen LogP contribution in [0.3, 0.4) is 0 Å². The molecule has 1 amide bonds. The van der Waals surface area contributed by atoms with E-state index in [9.17, 15) is 4.79 Å². The van der Waals surface area contributed by atoms with Gasteiger partial charge in [0.1, 0.15) is 5.75 Å². The molecule has 2 aromatic heterocycles. The molecule has 3 aromatic rings. The molecule has 4 aliphatic carbocycles. The highest BCUT2D eigenvalue weighted by molar-refractivity contribution is 7.10. The van der Waals surface area contributed by atoms with Gasteiger partial charge in [-0.15, -0.1) is 21.5 Å². The number of ether oxygens (including phenoxy) is 1. The maximum atomic E-state index is 13.3. The van der Waals surface area contributed by atoms with Crippen molar-refractivity contribution >= 4 is 23.1 Å². The van der Waals surface area contributed by atoms with Crippen molar-refractivity contribution in [1.82, 2.24) is 20.0 Å². The molecular weight excluding hydrogens is 542 g/mol. The molecule has 42 heavy (non-hydrogen) atoms. The smallest absolute Gasteiger partial charge is 0.274 e. The fourth-order valence-electron chi connectivity index (χ4n) is 8.76. The van der Waals surface area contributed by atoms with Gasteiger partial charge in [0.15, 0.2) is 11.5 Å². The Bertz CT molecular complexity index is 1360. The molecule has 8 heteroatoms. The fraction of sp³-hybridized carbons (Fsp3) is 0.559. The third kappa shape index (κ3) is 5.80. The molecule has 4 saturated carbocycles. The minimum absolute atomic E-state index is 0.00884. The monoisotopic (exact) mass is 585 g/mol. The number of hydrogen-bond donors (Lipinski definition) is 0. The van der Waals surface area contributed by atoms with Crippen molar-refractivity contribution in [1.29, 1.82) is 0 Å². The van der Waals surface area contributed by atoms with Crippen LogP contribution in [0.4, 0.5) is 5.82 Å². The number of thiophene rings is 1. The van der Waals surface area contributed by atoms with Gasteiger partial charge in [0.25, 0.3) is 5.91 Å². The normalized spacial score (nSPS) is 26.9. The lowest BCUT2D eigenvalue weighted by Gasteiger charge is -2.57. The second-order valence-electron chi connectivity index (χ2n) is 13.4. The predicted molar refractivity (Wildman–Crippen MR) is 168 cm³/mol. The molecular formula is C34H43N5O2S. The van der Waals surface area contributed by atoms with Crippen molar-refractivity contribution in [2.24, 2.45) is 23.2 Å². The van der Waals surface area contributed by atoms with Crippen molar-refractivity contribution in [2.45, 2.75) is 52.0 Å². The van der Waals surface area contributed by atoms with Crippen LogP contribution in [0.1, 0.15) is 60.8 Å². The number of aromatic nitrogens is 2. The van der Waals surface area contributed by atoms with E-state index in [1.165, 1.54) is 54.5 Å². The SMILES string of the molecule is CCOc1cccc(-c2csc(CN3CCN(c4ccc(C(=O)N(C)CC56CC7CC(CC(C7)C5)C6)nn4)CC3)c2)c1. The van der Waals surface area contributed by atoms with Gasteiger partial charge in [0.05, 0.1) is 6.61 Å². The summed E-state index contributed by atoms with van der Waals surface area (Å²) in [6, 6.07) is 14.5. The van der Waals surface area contributed by atoms with Crippen LogP contribution in [-0.4, -0.2) is 72.3 Å². The van der Waals surface area contributed by atoms with Crippen LogP contribution in [-0.2, 0) is 6.54 Å². The summed E-state index contributed by atoms with van der Waals surface area (Å²) in [5.41, 5.74) is 3.26. The molecule has 222 valence electrons. The summed E-state index contributed by atoms with van der Waals surface area (Å²) in [6.45, 7) is 8.28. The summed E-state index contributed by atoms with van der Waals surface area (Å²) >= 11 is 1.82. The number of amides is 1. The summed E-state index contributed by atoms with van der Waals surface area (Å²) in [5.74, 6) is 4.48. The number of carbonyl (C=O) groups excluding carboxylic acids is 1. The molecule has 0 spiro atoms. The van der Waals surface area contributed by atoms with Gasteiger partial charge >= 0.3 is 0 Å². The zero-order valence-electron chi connectivity index (χ0n) is 25.0. The topological polar surface area (TPSA) is 61.8 Å². The van der Waals surface area contributed by atoms with Gasteiger partial charge in [-0.05, 0) is 115 Å². The Balaban J connectivity index is 0.909. The summed E-state index contributed by atoms with van der Waals surface area (Å²) < 4.78 is 5.68. The second-order valence-corrected chi connectivity index (χ2v) is 14.4. The van der Waals surface area contributed by atoms with Crippen LogP contribution in [0.15, 0.2) is 47.8 Å². The van der Waals surface area contributed by atoms with Crippen molar-refractivity contribution in [3.63, 3.8) is 0 Å². The first-order chi connectivity index (χ1) is 20.4. The highest BCUT2D eigenvalue weighted by Gasteiger charge is 2.51.